The fraction of sp³-hybridized carbons (Fsp3) is 0.200. The first-order valence-electron chi connectivity index (χ1n) is 4.41. The van der Waals surface area contributed by atoms with Gasteiger partial charge in [-0.25, -0.2) is 0 Å². The highest BCUT2D eigenvalue weighted by molar-refractivity contribution is 6.28. The third-order valence-corrected chi connectivity index (χ3v) is 1.86. The molecule has 0 aliphatic carbocycles. The van der Waals surface area contributed by atoms with Crippen molar-refractivity contribution >= 4 is 17.3 Å². The van der Waals surface area contributed by atoms with Crippen LogP contribution < -0.4 is 4.74 Å². The number of ether oxygens (including phenoxy) is 1. The smallest absolute Gasteiger partial charge is 0.269 e. The van der Waals surface area contributed by atoms with Crippen molar-refractivity contribution in [3.05, 3.63) is 45.7 Å². The number of benzene rings is 1. The van der Waals surface area contributed by atoms with Crippen LogP contribution in [0.25, 0.3) is 0 Å². The van der Waals surface area contributed by atoms with E-state index in [9.17, 15) is 10.1 Å². The SMILES string of the molecule is CC/C=C(/Cl)Oc1ccc([N+](=O)[O-])cc1. The maximum atomic E-state index is 10.4. The van der Waals surface area contributed by atoms with Crippen molar-refractivity contribution in [2.75, 3.05) is 0 Å². The summed E-state index contributed by atoms with van der Waals surface area (Å²) in [5.74, 6) is 0.482. The zero-order chi connectivity index (χ0) is 11.3. The molecule has 0 aliphatic rings. The van der Waals surface area contributed by atoms with Gasteiger partial charge in [-0.1, -0.05) is 6.92 Å². The van der Waals surface area contributed by atoms with Crippen LogP contribution in [0, 0.1) is 10.1 Å². The predicted molar refractivity (Wildman–Crippen MR) is 58.0 cm³/mol. The van der Waals surface area contributed by atoms with Gasteiger partial charge in [0.1, 0.15) is 5.75 Å². The van der Waals surface area contributed by atoms with Gasteiger partial charge in [-0.15, -0.1) is 0 Å². The molecular weight excluding hydrogens is 218 g/mol. The molecule has 0 saturated heterocycles. The van der Waals surface area contributed by atoms with E-state index in [4.69, 9.17) is 16.3 Å². The molecule has 1 aromatic carbocycles. The van der Waals surface area contributed by atoms with E-state index in [0.717, 1.165) is 6.42 Å². The molecule has 0 fully saturated rings. The number of hydrogen-bond donors (Lipinski definition) is 0. The molecular formula is C10H10ClNO3. The molecule has 0 radical (unpaired) electrons. The van der Waals surface area contributed by atoms with Crippen molar-refractivity contribution in [2.24, 2.45) is 0 Å². The molecule has 4 nitrogen and oxygen atoms in total. The van der Waals surface area contributed by atoms with Crippen molar-refractivity contribution < 1.29 is 9.66 Å². The molecule has 1 rings (SSSR count). The molecule has 0 N–H and O–H groups in total. The Hall–Kier alpha value is -1.55. The average Bonchev–Trinajstić information content (AvgIpc) is 2.18. The largest absolute Gasteiger partial charge is 0.446 e. The van der Waals surface area contributed by atoms with E-state index < -0.39 is 4.92 Å². The summed E-state index contributed by atoms with van der Waals surface area (Å²) >= 11 is 5.72. The number of rotatable bonds is 4. The normalized spacial score (nSPS) is 11.2. The van der Waals surface area contributed by atoms with Crippen LogP contribution in [0.2, 0.25) is 0 Å². The molecule has 15 heavy (non-hydrogen) atoms. The van der Waals surface area contributed by atoms with Crippen molar-refractivity contribution in [3.8, 4) is 5.75 Å². The molecule has 5 heteroatoms. The summed E-state index contributed by atoms with van der Waals surface area (Å²) in [6.07, 6.45) is 2.48. The fourth-order valence-corrected chi connectivity index (χ4v) is 1.19. The second-order valence-corrected chi connectivity index (χ2v) is 3.14. The highest BCUT2D eigenvalue weighted by Gasteiger charge is 2.04. The molecule has 0 spiro atoms. The van der Waals surface area contributed by atoms with Crippen molar-refractivity contribution in [2.45, 2.75) is 13.3 Å². The van der Waals surface area contributed by atoms with Crippen LogP contribution in [0.3, 0.4) is 0 Å². The lowest BCUT2D eigenvalue weighted by Gasteiger charge is -2.02. The summed E-state index contributed by atoms with van der Waals surface area (Å²) in [4.78, 5) is 9.90. The van der Waals surface area contributed by atoms with E-state index in [-0.39, 0.29) is 10.9 Å². The van der Waals surface area contributed by atoms with Gasteiger partial charge in [0.2, 0.25) is 0 Å². The Morgan fingerprint density at radius 2 is 2.13 bits per heavy atom. The maximum absolute atomic E-state index is 10.4. The summed E-state index contributed by atoms with van der Waals surface area (Å²) in [6, 6.07) is 5.74. The molecule has 0 aromatic heterocycles. The van der Waals surface area contributed by atoms with Crippen molar-refractivity contribution in [1.82, 2.24) is 0 Å². The Morgan fingerprint density at radius 1 is 1.53 bits per heavy atom. The van der Waals surface area contributed by atoms with Gasteiger partial charge in [-0.2, -0.15) is 0 Å². The molecule has 0 heterocycles. The van der Waals surface area contributed by atoms with Gasteiger partial charge in [-0.3, -0.25) is 10.1 Å². The van der Waals surface area contributed by atoms with Crippen molar-refractivity contribution in [1.29, 1.82) is 0 Å². The minimum atomic E-state index is -0.465. The molecule has 0 unspecified atom stereocenters. The topological polar surface area (TPSA) is 52.4 Å². The summed E-state index contributed by atoms with van der Waals surface area (Å²) in [7, 11) is 0. The van der Waals surface area contributed by atoms with Gasteiger partial charge in [0.15, 0.2) is 5.22 Å². The number of hydrogen-bond acceptors (Lipinski definition) is 3. The molecule has 0 aliphatic heterocycles. The lowest BCUT2D eigenvalue weighted by atomic mass is 10.3. The quantitative estimate of drug-likeness (QED) is 0.450. The standard InChI is InChI=1S/C10H10ClNO3/c1-2-3-10(11)15-9-6-4-8(5-7-9)12(13)14/h3-7H,2H2,1H3/b10-3-. The van der Waals surface area contributed by atoms with E-state index >= 15 is 0 Å². The zero-order valence-corrected chi connectivity index (χ0v) is 8.90. The molecule has 0 atom stereocenters. The lowest BCUT2D eigenvalue weighted by Crippen LogP contribution is -1.90. The molecule has 0 saturated carbocycles. The Kier molecular flexibility index (Phi) is 4.12. The van der Waals surface area contributed by atoms with E-state index in [1.165, 1.54) is 24.3 Å². The van der Waals surface area contributed by atoms with E-state index in [1.807, 2.05) is 6.92 Å². The van der Waals surface area contributed by atoms with Gasteiger partial charge in [-0.05, 0) is 36.2 Å². The second kappa shape index (κ2) is 5.36. The molecule has 0 bridgehead atoms. The monoisotopic (exact) mass is 227 g/mol. The molecule has 1 aromatic rings. The first-order chi connectivity index (χ1) is 7.13. The first kappa shape index (κ1) is 11.5. The van der Waals surface area contributed by atoms with Crippen LogP contribution in [0.5, 0.6) is 5.75 Å². The van der Waals surface area contributed by atoms with Crippen LogP contribution in [0.1, 0.15) is 13.3 Å². The Morgan fingerprint density at radius 3 is 2.60 bits per heavy atom. The minimum Gasteiger partial charge on any atom is -0.446 e. The highest BCUT2D eigenvalue weighted by Crippen LogP contribution is 2.20. The number of nitrogens with zero attached hydrogens (tertiary/aromatic N) is 1. The number of halogens is 1. The third-order valence-electron chi connectivity index (χ3n) is 1.63. The average molecular weight is 228 g/mol. The minimum absolute atomic E-state index is 0.0259. The van der Waals surface area contributed by atoms with Crippen molar-refractivity contribution in [3.63, 3.8) is 0 Å². The second-order valence-electron chi connectivity index (χ2n) is 2.77. The lowest BCUT2D eigenvalue weighted by molar-refractivity contribution is -0.384. The number of allylic oxidation sites excluding steroid dienone is 1. The van der Waals surface area contributed by atoms with Crippen LogP contribution in [-0.4, -0.2) is 4.92 Å². The number of non-ortho nitro benzene ring substituents is 1. The van der Waals surface area contributed by atoms with Gasteiger partial charge in [0, 0.05) is 12.1 Å². The Labute approximate surface area is 92.3 Å². The Balaban J connectivity index is 2.73. The summed E-state index contributed by atoms with van der Waals surface area (Å²) in [6.45, 7) is 1.93. The van der Waals surface area contributed by atoms with Crippen LogP contribution in [0.15, 0.2) is 35.6 Å². The van der Waals surface area contributed by atoms with E-state index in [2.05, 4.69) is 0 Å². The first-order valence-corrected chi connectivity index (χ1v) is 4.79. The van der Waals surface area contributed by atoms with Crippen LogP contribution in [0.4, 0.5) is 5.69 Å². The fourth-order valence-electron chi connectivity index (χ4n) is 0.951. The Bertz CT molecular complexity index is 373. The van der Waals surface area contributed by atoms with Gasteiger partial charge in [0.05, 0.1) is 4.92 Å². The van der Waals surface area contributed by atoms with Crippen LogP contribution >= 0.6 is 11.6 Å². The van der Waals surface area contributed by atoms with Gasteiger partial charge >= 0.3 is 0 Å². The summed E-state index contributed by atoms with van der Waals surface area (Å²) in [5.41, 5.74) is 0.0259. The molecule has 0 amide bonds. The number of nitro benzene ring substituents is 1. The van der Waals surface area contributed by atoms with Gasteiger partial charge in [0.25, 0.3) is 5.69 Å². The molecule has 80 valence electrons. The number of nitro groups is 1. The summed E-state index contributed by atoms with van der Waals surface area (Å²) < 4.78 is 5.19. The van der Waals surface area contributed by atoms with Crippen LogP contribution in [-0.2, 0) is 0 Å². The van der Waals surface area contributed by atoms with Gasteiger partial charge < -0.3 is 4.74 Å². The highest BCUT2D eigenvalue weighted by atomic mass is 35.5. The van der Waals surface area contributed by atoms with E-state index in [1.54, 1.807) is 6.08 Å². The zero-order valence-electron chi connectivity index (χ0n) is 8.14. The maximum Gasteiger partial charge on any atom is 0.269 e. The predicted octanol–water partition coefficient (Wildman–Crippen LogP) is 3.46. The van der Waals surface area contributed by atoms with E-state index in [0.29, 0.717) is 5.75 Å². The third kappa shape index (κ3) is 3.59. The summed E-state index contributed by atoms with van der Waals surface area (Å²) in [5, 5.41) is 10.6.